The lowest BCUT2D eigenvalue weighted by Gasteiger charge is -2.19. The lowest BCUT2D eigenvalue weighted by molar-refractivity contribution is 0.415. The normalized spacial score (nSPS) is 15.3. The number of nitrogen functional groups attached to an aromatic ring is 1. The molecule has 1 aliphatic carbocycles. The second-order valence-corrected chi connectivity index (χ2v) is 3.81. The number of rotatable bonds is 3. The average Bonchev–Trinajstić information content (AvgIpc) is 2.99. The summed E-state index contributed by atoms with van der Waals surface area (Å²) in [5, 5.41) is 0. The molecule has 1 aromatic rings. The van der Waals surface area contributed by atoms with Gasteiger partial charge in [-0.2, -0.15) is 0 Å². The number of hydrogen-bond acceptors (Lipinski definition) is 3. The molecule has 3 heteroatoms. The molecule has 1 aliphatic rings. The van der Waals surface area contributed by atoms with Crippen molar-refractivity contribution in [1.29, 1.82) is 0 Å². The van der Waals surface area contributed by atoms with Gasteiger partial charge in [0.25, 0.3) is 0 Å². The zero-order chi connectivity index (χ0) is 10.1. The minimum Gasteiger partial charge on any atom is -0.497 e. The average molecular weight is 192 g/mol. The van der Waals surface area contributed by atoms with Crippen molar-refractivity contribution in [3.63, 3.8) is 0 Å². The Morgan fingerprint density at radius 2 is 2.07 bits per heavy atom. The molecule has 1 saturated carbocycles. The Morgan fingerprint density at radius 3 is 2.64 bits per heavy atom. The highest BCUT2D eigenvalue weighted by Gasteiger charge is 2.26. The molecule has 0 bridgehead atoms. The van der Waals surface area contributed by atoms with Crippen LogP contribution in [0.2, 0.25) is 0 Å². The molecule has 0 amide bonds. The van der Waals surface area contributed by atoms with E-state index in [-0.39, 0.29) is 0 Å². The molecule has 76 valence electrons. The molecule has 1 fully saturated rings. The Hall–Kier alpha value is -1.38. The van der Waals surface area contributed by atoms with Crippen LogP contribution in [0.15, 0.2) is 18.2 Å². The van der Waals surface area contributed by atoms with Gasteiger partial charge in [0.15, 0.2) is 0 Å². The zero-order valence-corrected chi connectivity index (χ0v) is 8.66. The van der Waals surface area contributed by atoms with Crippen LogP contribution in [-0.4, -0.2) is 20.2 Å². The summed E-state index contributed by atoms with van der Waals surface area (Å²) >= 11 is 0. The van der Waals surface area contributed by atoms with Crippen molar-refractivity contribution in [3.05, 3.63) is 18.2 Å². The third-order valence-corrected chi connectivity index (χ3v) is 2.65. The minimum atomic E-state index is 0.696. The summed E-state index contributed by atoms with van der Waals surface area (Å²) in [5.41, 5.74) is 7.69. The van der Waals surface area contributed by atoms with Crippen LogP contribution in [0.5, 0.6) is 5.75 Å². The molecule has 0 saturated heterocycles. The van der Waals surface area contributed by atoms with Gasteiger partial charge in [-0.3, -0.25) is 0 Å². The topological polar surface area (TPSA) is 38.5 Å². The lowest BCUT2D eigenvalue weighted by Crippen LogP contribution is -2.19. The van der Waals surface area contributed by atoms with Gasteiger partial charge in [0.2, 0.25) is 0 Å². The highest BCUT2D eigenvalue weighted by atomic mass is 16.5. The minimum absolute atomic E-state index is 0.696. The van der Waals surface area contributed by atoms with Crippen LogP contribution in [0.1, 0.15) is 12.8 Å². The Labute approximate surface area is 84.5 Å². The second kappa shape index (κ2) is 3.40. The lowest BCUT2D eigenvalue weighted by atomic mass is 10.2. The fourth-order valence-corrected chi connectivity index (χ4v) is 1.60. The van der Waals surface area contributed by atoms with E-state index in [0.29, 0.717) is 6.04 Å². The Balaban J connectivity index is 2.27. The number of benzene rings is 1. The van der Waals surface area contributed by atoms with Gasteiger partial charge in [-0.05, 0) is 18.9 Å². The van der Waals surface area contributed by atoms with Crippen LogP contribution < -0.4 is 15.4 Å². The van der Waals surface area contributed by atoms with Crippen molar-refractivity contribution in [1.82, 2.24) is 0 Å². The molecule has 2 rings (SSSR count). The van der Waals surface area contributed by atoms with Crippen molar-refractivity contribution in [2.45, 2.75) is 18.9 Å². The van der Waals surface area contributed by atoms with E-state index in [1.807, 2.05) is 18.2 Å². The molecule has 0 heterocycles. The maximum Gasteiger partial charge on any atom is 0.122 e. The van der Waals surface area contributed by atoms with Gasteiger partial charge in [-0.15, -0.1) is 0 Å². The fourth-order valence-electron chi connectivity index (χ4n) is 1.60. The number of hydrogen-bond donors (Lipinski definition) is 1. The monoisotopic (exact) mass is 192 g/mol. The molecule has 3 nitrogen and oxygen atoms in total. The first-order valence-electron chi connectivity index (χ1n) is 4.88. The number of nitrogens with two attached hydrogens (primary N) is 1. The van der Waals surface area contributed by atoms with Crippen molar-refractivity contribution >= 4 is 11.4 Å². The van der Waals surface area contributed by atoms with Gasteiger partial charge in [-0.25, -0.2) is 0 Å². The van der Waals surface area contributed by atoms with Gasteiger partial charge in [0.05, 0.1) is 7.11 Å². The third kappa shape index (κ3) is 1.76. The molecule has 0 aromatic heterocycles. The molecule has 14 heavy (non-hydrogen) atoms. The van der Waals surface area contributed by atoms with Crippen molar-refractivity contribution < 1.29 is 4.74 Å². The molecule has 2 N–H and O–H groups in total. The van der Waals surface area contributed by atoms with E-state index in [1.165, 1.54) is 12.8 Å². The molecule has 0 atom stereocenters. The molecule has 1 aromatic carbocycles. The molecular weight excluding hydrogens is 176 g/mol. The molecule has 0 aliphatic heterocycles. The summed E-state index contributed by atoms with van der Waals surface area (Å²) in [6.45, 7) is 0. The van der Waals surface area contributed by atoms with E-state index in [1.54, 1.807) is 7.11 Å². The highest BCUT2D eigenvalue weighted by molar-refractivity contribution is 5.61. The fraction of sp³-hybridized carbons (Fsp3) is 0.455. The predicted molar refractivity (Wildman–Crippen MR) is 58.8 cm³/mol. The van der Waals surface area contributed by atoms with Crippen LogP contribution in [0, 0.1) is 0 Å². The number of anilines is 2. The smallest absolute Gasteiger partial charge is 0.122 e. The van der Waals surface area contributed by atoms with Crippen LogP contribution in [0.4, 0.5) is 11.4 Å². The van der Waals surface area contributed by atoms with Gasteiger partial charge in [-0.1, -0.05) is 0 Å². The Bertz CT molecular complexity index is 334. The first-order chi connectivity index (χ1) is 6.70. The van der Waals surface area contributed by atoms with E-state index in [2.05, 4.69) is 11.9 Å². The quantitative estimate of drug-likeness (QED) is 0.743. The summed E-state index contributed by atoms with van der Waals surface area (Å²) in [7, 11) is 3.77. The molecule has 0 radical (unpaired) electrons. The first-order valence-corrected chi connectivity index (χ1v) is 4.88. The molecular formula is C11H16N2O. The predicted octanol–water partition coefficient (Wildman–Crippen LogP) is 1.88. The number of methoxy groups -OCH3 is 1. The van der Waals surface area contributed by atoms with Crippen molar-refractivity contribution in [2.75, 3.05) is 24.8 Å². The summed E-state index contributed by atoms with van der Waals surface area (Å²) < 4.78 is 5.18. The van der Waals surface area contributed by atoms with E-state index < -0.39 is 0 Å². The van der Waals surface area contributed by atoms with Crippen LogP contribution in [0.3, 0.4) is 0 Å². The van der Waals surface area contributed by atoms with E-state index >= 15 is 0 Å². The summed E-state index contributed by atoms with van der Waals surface area (Å²) in [4.78, 5) is 2.26. The van der Waals surface area contributed by atoms with E-state index in [9.17, 15) is 0 Å². The van der Waals surface area contributed by atoms with Crippen LogP contribution in [-0.2, 0) is 0 Å². The largest absolute Gasteiger partial charge is 0.497 e. The van der Waals surface area contributed by atoms with Gasteiger partial charge in [0.1, 0.15) is 5.75 Å². The number of ether oxygens (including phenoxy) is 1. The number of nitrogens with zero attached hydrogens (tertiary/aromatic N) is 1. The van der Waals surface area contributed by atoms with E-state index in [0.717, 1.165) is 17.1 Å². The first kappa shape index (κ1) is 9.19. The molecule has 0 spiro atoms. The standard InChI is InChI=1S/C11H16N2O/c1-13(9-3-4-9)10-5-8(12)6-11(7-10)14-2/h5-7,9H,3-4,12H2,1-2H3. The van der Waals surface area contributed by atoms with Crippen LogP contribution >= 0.6 is 0 Å². The zero-order valence-electron chi connectivity index (χ0n) is 8.66. The van der Waals surface area contributed by atoms with Gasteiger partial charge < -0.3 is 15.4 Å². The Morgan fingerprint density at radius 1 is 1.36 bits per heavy atom. The van der Waals surface area contributed by atoms with Gasteiger partial charge in [0, 0.05) is 36.6 Å². The van der Waals surface area contributed by atoms with E-state index in [4.69, 9.17) is 10.5 Å². The highest BCUT2D eigenvalue weighted by Crippen LogP contribution is 2.33. The maximum absolute atomic E-state index is 5.79. The van der Waals surface area contributed by atoms with Crippen molar-refractivity contribution in [3.8, 4) is 5.75 Å². The van der Waals surface area contributed by atoms with Crippen molar-refractivity contribution in [2.24, 2.45) is 0 Å². The Kier molecular flexibility index (Phi) is 2.23. The third-order valence-electron chi connectivity index (χ3n) is 2.65. The SMILES string of the molecule is COc1cc(N)cc(N(C)C2CC2)c1. The summed E-state index contributed by atoms with van der Waals surface area (Å²) in [6, 6.07) is 6.54. The molecule has 0 unspecified atom stereocenters. The summed E-state index contributed by atoms with van der Waals surface area (Å²) in [6.07, 6.45) is 2.57. The van der Waals surface area contributed by atoms with Crippen LogP contribution in [0.25, 0.3) is 0 Å². The second-order valence-electron chi connectivity index (χ2n) is 3.81. The van der Waals surface area contributed by atoms with Gasteiger partial charge >= 0.3 is 0 Å². The maximum atomic E-state index is 5.79. The summed E-state index contributed by atoms with van der Waals surface area (Å²) in [5.74, 6) is 0.826.